The summed E-state index contributed by atoms with van der Waals surface area (Å²) in [5, 5.41) is 7.49. The molecule has 0 amide bonds. The highest BCUT2D eigenvalue weighted by molar-refractivity contribution is 7.98. The van der Waals surface area contributed by atoms with E-state index in [-0.39, 0.29) is 0 Å². The molecule has 1 aliphatic heterocycles. The summed E-state index contributed by atoms with van der Waals surface area (Å²) in [5.74, 6) is 3.33. The second-order valence-corrected chi connectivity index (χ2v) is 4.97. The van der Waals surface area contributed by atoms with Crippen LogP contribution in [0.1, 0.15) is 30.9 Å². The molecule has 2 heterocycles. The minimum absolute atomic E-state index is 0.499. The summed E-state index contributed by atoms with van der Waals surface area (Å²) in [6, 6.07) is 0.499. The summed E-state index contributed by atoms with van der Waals surface area (Å²) >= 11 is 1.96. The molecule has 0 fully saturated rings. The monoisotopic (exact) mass is 212 g/mol. The van der Waals surface area contributed by atoms with Crippen molar-refractivity contribution >= 4 is 11.8 Å². The first-order chi connectivity index (χ1) is 6.77. The van der Waals surface area contributed by atoms with E-state index in [0.29, 0.717) is 6.04 Å². The lowest BCUT2D eigenvalue weighted by Gasteiger charge is -2.10. The quantitative estimate of drug-likeness (QED) is 0.831. The highest BCUT2D eigenvalue weighted by Crippen LogP contribution is 2.27. The Labute approximate surface area is 88.6 Å². The second kappa shape index (κ2) is 4.36. The third-order valence-corrected chi connectivity index (χ3v) is 3.33. The number of fused-ring (bicyclic) bond motifs is 1. The molecule has 0 saturated heterocycles. The van der Waals surface area contributed by atoms with Crippen molar-refractivity contribution < 1.29 is 4.52 Å². The SMILES string of the molecule is CC(C)NCc1noc2c1CSCC2. The molecule has 1 aliphatic rings. The number of aromatic nitrogens is 1. The van der Waals surface area contributed by atoms with Gasteiger partial charge in [0.25, 0.3) is 0 Å². The number of nitrogens with one attached hydrogen (secondary N) is 1. The Balaban J connectivity index is 2.06. The van der Waals surface area contributed by atoms with Crippen molar-refractivity contribution in [2.24, 2.45) is 0 Å². The molecule has 2 rings (SSSR count). The first kappa shape index (κ1) is 10.1. The third-order valence-electron chi connectivity index (χ3n) is 2.35. The minimum Gasteiger partial charge on any atom is -0.361 e. The van der Waals surface area contributed by atoms with Gasteiger partial charge in [-0.05, 0) is 0 Å². The van der Waals surface area contributed by atoms with E-state index in [4.69, 9.17) is 4.52 Å². The fourth-order valence-electron chi connectivity index (χ4n) is 1.52. The van der Waals surface area contributed by atoms with Gasteiger partial charge in [0.05, 0.1) is 0 Å². The molecular weight excluding hydrogens is 196 g/mol. The molecule has 3 nitrogen and oxygen atoms in total. The van der Waals surface area contributed by atoms with Gasteiger partial charge in [-0.25, -0.2) is 0 Å². The zero-order valence-corrected chi connectivity index (χ0v) is 9.49. The van der Waals surface area contributed by atoms with Gasteiger partial charge in [-0.15, -0.1) is 0 Å². The summed E-state index contributed by atoms with van der Waals surface area (Å²) in [6.45, 7) is 5.11. The van der Waals surface area contributed by atoms with Crippen LogP contribution in [0, 0.1) is 0 Å². The second-order valence-electron chi connectivity index (χ2n) is 3.87. The predicted octanol–water partition coefficient (Wildman–Crippen LogP) is 1.96. The predicted molar refractivity (Wildman–Crippen MR) is 58.3 cm³/mol. The Bertz CT molecular complexity index is 309. The van der Waals surface area contributed by atoms with Crippen LogP contribution in [-0.2, 0) is 18.7 Å². The van der Waals surface area contributed by atoms with Gasteiger partial charge in [-0.3, -0.25) is 0 Å². The Morgan fingerprint density at radius 2 is 2.43 bits per heavy atom. The molecule has 0 aromatic carbocycles. The highest BCUT2D eigenvalue weighted by Gasteiger charge is 2.19. The fraction of sp³-hybridized carbons (Fsp3) is 0.700. The van der Waals surface area contributed by atoms with Gasteiger partial charge in [-0.2, -0.15) is 11.8 Å². The number of hydrogen-bond acceptors (Lipinski definition) is 4. The summed E-state index contributed by atoms with van der Waals surface area (Å²) < 4.78 is 5.32. The van der Waals surface area contributed by atoms with Gasteiger partial charge < -0.3 is 9.84 Å². The number of nitrogens with zero attached hydrogens (tertiary/aromatic N) is 1. The molecule has 1 N–H and O–H groups in total. The van der Waals surface area contributed by atoms with Crippen molar-refractivity contribution in [3.63, 3.8) is 0 Å². The molecule has 0 aliphatic carbocycles. The normalized spacial score (nSPS) is 15.9. The maximum Gasteiger partial charge on any atom is 0.141 e. The Morgan fingerprint density at radius 3 is 3.21 bits per heavy atom. The first-order valence-corrected chi connectivity index (χ1v) is 6.20. The molecule has 0 saturated carbocycles. The van der Waals surface area contributed by atoms with Gasteiger partial charge in [-0.1, -0.05) is 19.0 Å². The molecule has 14 heavy (non-hydrogen) atoms. The van der Waals surface area contributed by atoms with Crippen molar-refractivity contribution in [3.8, 4) is 0 Å². The summed E-state index contributed by atoms with van der Waals surface area (Å²) in [4.78, 5) is 0. The van der Waals surface area contributed by atoms with E-state index in [1.54, 1.807) is 0 Å². The summed E-state index contributed by atoms with van der Waals surface area (Å²) in [6.07, 6.45) is 1.04. The molecule has 0 radical (unpaired) electrons. The fourth-order valence-corrected chi connectivity index (χ4v) is 2.53. The number of aryl methyl sites for hydroxylation is 1. The Hall–Kier alpha value is -0.480. The van der Waals surface area contributed by atoms with Crippen molar-refractivity contribution in [1.29, 1.82) is 0 Å². The molecular formula is C10H16N2OS. The van der Waals surface area contributed by atoms with E-state index in [1.807, 2.05) is 11.8 Å². The van der Waals surface area contributed by atoms with E-state index in [1.165, 1.54) is 11.3 Å². The van der Waals surface area contributed by atoms with Crippen molar-refractivity contribution in [2.75, 3.05) is 5.75 Å². The van der Waals surface area contributed by atoms with Crippen LogP contribution >= 0.6 is 11.8 Å². The Morgan fingerprint density at radius 1 is 1.57 bits per heavy atom. The molecule has 78 valence electrons. The lowest BCUT2D eigenvalue weighted by molar-refractivity contribution is 0.377. The molecule has 1 aromatic rings. The average Bonchev–Trinajstić information content (AvgIpc) is 2.58. The van der Waals surface area contributed by atoms with Crippen LogP contribution in [0.4, 0.5) is 0 Å². The van der Waals surface area contributed by atoms with Crippen LogP contribution in [0.5, 0.6) is 0 Å². The van der Waals surface area contributed by atoms with Crippen molar-refractivity contribution in [2.45, 2.75) is 38.6 Å². The van der Waals surface area contributed by atoms with Gasteiger partial charge in [0, 0.05) is 36.1 Å². The smallest absolute Gasteiger partial charge is 0.141 e. The maximum absolute atomic E-state index is 5.32. The number of thioether (sulfide) groups is 1. The number of rotatable bonds is 3. The number of hydrogen-bond donors (Lipinski definition) is 1. The minimum atomic E-state index is 0.499. The molecule has 0 atom stereocenters. The van der Waals surface area contributed by atoms with Crippen LogP contribution in [0.15, 0.2) is 4.52 Å². The summed E-state index contributed by atoms with van der Waals surface area (Å²) in [7, 11) is 0. The average molecular weight is 212 g/mol. The highest BCUT2D eigenvalue weighted by atomic mass is 32.2. The van der Waals surface area contributed by atoms with Crippen LogP contribution < -0.4 is 5.32 Å². The van der Waals surface area contributed by atoms with Gasteiger partial charge >= 0.3 is 0 Å². The molecule has 4 heteroatoms. The van der Waals surface area contributed by atoms with Crippen LogP contribution in [0.3, 0.4) is 0 Å². The lowest BCUT2D eigenvalue weighted by atomic mass is 10.1. The topological polar surface area (TPSA) is 38.1 Å². The van der Waals surface area contributed by atoms with Gasteiger partial charge in [0.2, 0.25) is 0 Å². The molecule has 0 spiro atoms. The first-order valence-electron chi connectivity index (χ1n) is 5.05. The zero-order chi connectivity index (χ0) is 9.97. The van der Waals surface area contributed by atoms with Gasteiger partial charge in [0.15, 0.2) is 0 Å². The van der Waals surface area contributed by atoms with Crippen LogP contribution in [0.25, 0.3) is 0 Å². The van der Waals surface area contributed by atoms with E-state index >= 15 is 0 Å². The van der Waals surface area contributed by atoms with E-state index in [9.17, 15) is 0 Å². The summed E-state index contributed by atoms with van der Waals surface area (Å²) in [5.41, 5.74) is 2.43. The lowest BCUT2D eigenvalue weighted by Crippen LogP contribution is -2.22. The Kier molecular flexibility index (Phi) is 3.13. The molecule has 0 bridgehead atoms. The largest absolute Gasteiger partial charge is 0.361 e. The van der Waals surface area contributed by atoms with E-state index < -0.39 is 0 Å². The van der Waals surface area contributed by atoms with E-state index in [0.717, 1.165) is 30.2 Å². The van der Waals surface area contributed by atoms with Crippen LogP contribution in [0.2, 0.25) is 0 Å². The van der Waals surface area contributed by atoms with Crippen LogP contribution in [-0.4, -0.2) is 17.0 Å². The maximum atomic E-state index is 5.32. The van der Waals surface area contributed by atoms with E-state index in [2.05, 4.69) is 24.3 Å². The standard InChI is InChI=1S/C10H16N2OS/c1-7(2)11-5-9-8-6-14-4-3-10(8)13-12-9/h7,11H,3-6H2,1-2H3. The third kappa shape index (κ3) is 2.12. The van der Waals surface area contributed by atoms with Crippen molar-refractivity contribution in [3.05, 3.63) is 17.0 Å². The molecule has 1 aromatic heterocycles. The van der Waals surface area contributed by atoms with Gasteiger partial charge in [0.1, 0.15) is 11.5 Å². The zero-order valence-electron chi connectivity index (χ0n) is 8.67. The van der Waals surface area contributed by atoms with Crippen molar-refractivity contribution in [1.82, 2.24) is 10.5 Å². The molecule has 0 unspecified atom stereocenters.